The summed E-state index contributed by atoms with van der Waals surface area (Å²) in [5, 5.41) is 2.77. The molecule has 34 heavy (non-hydrogen) atoms. The molecule has 0 radical (unpaired) electrons. The van der Waals surface area contributed by atoms with Crippen LogP contribution in [0.5, 0.6) is 0 Å². The van der Waals surface area contributed by atoms with Crippen molar-refractivity contribution in [2.24, 2.45) is 0 Å². The molecule has 5 nitrogen and oxygen atoms in total. The van der Waals surface area contributed by atoms with E-state index in [0.717, 1.165) is 11.1 Å². The van der Waals surface area contributed by atoms with Crippen LogP contribution in [-0.2, 0) is 4.79 Å². The highest BCUT2D eigenvalue weighted by Crippen LogP contribution is 2.30. The van der Waals surface area contributed by atoms with Gasteiger partial charge in [-0.2, -0.15) is 0 Å². The van der Waals surface area contributed by atoms with Crippen molar-refractivity contribution in [2.75, 3.05) is 26.2 Å². The van der Waals surface area contributed by atoms with Gasteiger partial charge in [0.2, 0.25) is 5.91 Å². The molecule has 1 fully saturated rings. The Morgan fingerprint density at radius 1 is 0.765 bits per heavy atom. The molecule has 1 heterocycles. The molecule has 0 spiro atoms. The minimum atomic E-state index is -0.649. The molecule has 1 saturated heterocycles. The van der Waals surface area contributed by atoms with E-state index in [1.165, 1.54) is 24.3 Å². The summed E-state index contributed by atoms with van der Waals surface area (Å²) in [6, 6.07) is 20.6. The van der Waals surface area contributed by atoms with Gasteiger partial charge in [-0.3, -0.25) is 14.5 Å². The first-order valence-corrected chi connectivity index (χ1v) is 11.3. The number of halogens is 2. The first-order valence-electron chi connectivity index (χ1n) is 11.3. The number of hydrogen-bond donors (Lipinski definition) is 1. The van der Waals surface area contributed by atoms with Crippen LogP contribution in [0.1, 0.15) is 34.5 Å². The van der Waals surface area contributed by atoms with E-state index in [-0.39, 0.29) is 29.5 Å². The molecule has 1 aliphatic heterocycles. The third kappa shape index (κ3) is 5.48. The molecule has 1 atom stereocenters. The molecule has 3 aromatic rings. The fourth-order valence-corrected chi connectivity index (χ4v) is 4.31. The molecule has 0 bridgehead atoms. The summed E-state index contributed by atoms with van der Waals surface area (Å²) < 4.78 is 27.0. The summed E-state index contributed by atoms with van der Waals surface area (Å²) in [7, 11) is 0. The molecule has 0 saturated carbocycles. The number of nitrogens with zero attached hydrogens (tertiary/aromatic N) is 2. The Bertz CT molecular complexity index is 1070. The van der Waals surface area contributed by atoms with E-state index in [9.17, 15) is 18.4 Å². The number of hydrogen-bond acceptors (Lipinski definition) is 3. The van der Waals surface area contributed by atoms with Gasteiger partial charge in [0.25, 0.3) is 5.91 Å². The highest BCUT2D eigenvalue weighted by atomic mass is 19.1. The molecule has 0 unspecified atom stereocenters. The largest absolute Gasteiger partial charge is 0.341 e. The summed E-state index contributed by atoms with van der Waals surface area (Å²) in [6.45, 7) is 3.84. The molecule has 1 aliphatic rings. The summed E-state index contributed by atoms with van der Waals surface area (Å²) in [5.41, 5.74) is 2.31. The van der Waals surface area contributed by atoms with Crippen LogP contribution in [0.25, 0.3) is 0 Å². The Balaban J connectivity index is 1.42. The summed E-state index contributed by atoms with van der Waals surface area (Å²) >= 11 is 0. The molecule has 0 aromatic heterocycles. The third-order valence-electron chi connectivity index (χ3n) is 6.12. The highest BCUT2D eigenvalue weighted by Gasteiger charge is 2.30. The molecule has 7 heteroatoms. The summed E-state index contributed by atoms with van der Waals surface area (Å²) in [5.74, 6) is -1.05. The number of amides is 2. The predicted octanol–water partition coefficient (Wildman–Crippen LogP) is 4.02. The van der Waals surface area contributed by atoms with E-state index < -0.39 is 6.04 Å². The Kier molecular flexibility index (Phi) is 7.33. The van der Waals surface area contributed by atoms with Crippen LogP contribution in [0.15, 0.2) is 78.9 Å². The zero-order valence-corrected chi connectivity index (χ0v) is 19.0. The molecule has 0 aliphatic carbocycles. The molecule has 4 rings (SSSR count). The topological polar surface area (TPSA) is 52.7 Å². The van der Waals surface area contributed by atoms with Crippen LogP contribution < -0.4 is 5.32 Å². The van der Waals surface area contributed by atoms with Crippen molar-refractivity contribution in [3.63, 3.8) is 0 Å². The average molecular weight is 464 g/mol. The standard InChI is InChI=1S/C27H27F2N3O2/c1-19(30-26(33)22-5-3-2-4-6-22)27(34)32-17-15-31(16-18-32)25(20-7-11-23(28)12-8-20)21-9-13-24(29)14-10-21/h2-14,19,25H,15-18H2,1H3,(H,30,33)/t19-/m1/s1. The lowest BCUT2D eigenvalue weighted by atomic mass is 9.96. The van der Waals surface area contributed by atoms with Gasteiger partial charge >= 0.3 is 0 Å². The zero-order valence-electron chi connectivity index (χ0n) is 19.0. The first-order chi connectivity index (χ1) is 16.4. The second-order valence-electron chi connectivity index (χ2n) is 8.43. The van der Waals surface area contributed by atoms with E-state index in [0.29, 0.717) is 31.7 Å². The van der Waals surface area contributed by atoms with Gasteiger partial charge < -0.3 is 10.2 Å². The quantitative estimate of drug-likeness (QED) is 0.601. The first kappa shape index (κ1) is 23.6. The fourth-order valence-electron chi connectivity index (χ4n) is 4.31. The molecular weight excluding hydrogens is 436 g/mol. The second kappa shape index (κ2) is 10.6. The number of carbonyl (C=O) groups excluding carboxylic acids is 2. The Hall–Kier alpha value is -3.58. The van der Waals surface area contributed by atoms with Crippen molar-refractivity contribution >= 4 is 11.8 Å². The molecular formula is C27H27F2N3O2. The minimum Gasteiger partial charge on any atom is -0.341 e. The highest BCUT2D eigenvalue weighted by molar-refractivity contribution is 5.97. The average Bonchev–Trinajstić information content (AvgIpc) is 2.87. The molecule has 1 N–H and O–H groups in total. The van der Waals surface area contributed by atoms with Gasteiger partial charge in [0.15, 0.2) is 0 Å². The Morgan fingerprint density at radius 2 is 1.26 bits per heavy atom. The predicted molar refractivity (Wildman–Crippen MR) is 126 cm³/mol. The van der Waals surface area contributed by atoms with Gasteiger partial charge in [0.05, 0.1) is 6.04 Å². The van der Waals surface area contributed by atoms with Crippen molar-refractivity contribution in [3.8, 4) is 0 Å². The van der Waals surface area contributed by atoms with Crippen molar-refractivity contribution < 1.29 is 18.4 Å². The molecule has 3 aromatic carbocycles. The van der Waals surface area contributed by atoms with Crippen molar-refractivity contribution in [2.45, 2.75) is 19.0 Å². The van der Waals surface area contributed by atoms with Gasteiger partial charge in [-0.25, -0.2) is 8.78 Å². The normalized spacial score (nSPS) is 15.2. The maximum atomic E-state index is 13.5. The van der Waals surface area contributed by atoms with E-state index in [2.05, 4.69) is 10.2 Å². The second-order valence-corrected chi connectivity index (χ2v) is 8.43. The van der Waals surface area contributed by atoms with E-state index >= 15 is 0 Å². The number of nitrogens with one attached hydrogen (secondary N) is 1. The summed E-state index contributed by atoms with van der Waals surface area (Å²) in [4.78, 5) is 29.3. The van der Waals surface area contributed by atoms with Crippen LogP contribution in [0.2, 0.25) is 0 Å². The molecule has 176 valence electrons. The van der Waals surface area contributed by atoms with Gasteiger partial charge in [-0.05, 0) is 54.4 Å². The molecule has 2 amide bonds. The van der Waals surface area contributed by atoms with E-state index in [1.807, 2.05) is 6.07 Å². The van der Waals surface area contributed by atoms with Crippen LogP contribution >= 0.6 is 0 Å². The lowest BCUT2D eigenvalue weighted by Crippen LogP contribution is -2.54. The number of piperazine rings is 1. The van der Waals surface area contributed by atoms with Crippen molar-refractivity contribution in [1.82, 2.24) is 15.1 Å². The monoisotopic (exact) mass is 463 g/mol. The van der Waals surface area contributed by atoms with Crippen LogP contribution in [0, 0.1) is 11.6 Å². The minimum absolute atomic E-state index is 0.135. The Morgan fingerprint density at radius 3 is 1.76 bits per heavy atom. The SMILES string of the molecule is C[C@@H](NC(=O)c1ccccc1)C(=O)N1CCN(C(c2ccc(F)cc2)c2ccc(F)cc2)CC1. The van der Waals surface area contributed by atoms with Crippen LogP contribution in [-0.4, -0.2) is 53.8 Å². The van der Waals surface area contributed by atoms with Gasteiger partial charge in [0.1, 0.15) is 17.7 Å². The third-order valence-corrected chi connectivity index (χ3v) is 6.12. The lowest BCUT2D eigenvalue weighted by Gasteiger charge is -2.40. The van der Waals surface area contributed by atoms with E-state index in [1.54, 1.807) is 60.4 Å². The maximum Gasteiger partial charge on any atom is 0.251 e. The van der Waals surface area contributed by atoms with Gasteiger partial charge in [-0.1, -0.05) is 42.5 Å². The van der Waals surface area contributed by atoms with E-state index in [4.69, 9.17) is 0 Å². The smallest absolute Gasteiger partial charge is 0.251 e. The summed E-state index contributed by atoms with van der Waals surface area (Å²) in [6.07, 6.45) is 0. The number of benzene rings is 3. The van der Waals surface area contributed by atoms with Crippen molar-refractivity contribution in [1.29, 1.82) is 0 Å². The maximum absolute atomic E-state index is 13.5. The lowest BCUT2D eigenvalue weighted by molar-refractivity contribution is -0.134. The number of rotatable bonds is 6. The van der Waals surface area contributed by atoms with Gasteiger partial charge in [-0.15, -0.1) is 0 Å². The zero-order chi connectivity index (χ0) is 24.1. The van der Waals surface area contributed by atoms with Crippen LogP contribution in [0.4, 0.5) is 8.78 Å². The van der Waals surface area contributed by atoms with Gasteiger partial charge in [0, 0.05) is 31.7 Å². The van der Waals surface area contributed by atoms with Crippen LogP contribution in [0.3, 0.4) is 0 Å². The fraction of sp³-hybridized carbons (Fsp3) is 0.259. The van der Waals surface area contributed by atoms with Crippen molar-refractivity contribution in [3.05, 3.63) is 107 Å². The Labute approximate surface area is 198 Å². The number of carbonyl (C=O) groups is 2.